The van der Waals surface area contributed by atoms with Gasteiger partial charge in [-0.1, -0.05) is 18.5 Å². The molecule has 0 aliphatic carbocycles. The number of methoxy groups -OCH3 is 1. The fourth-order valence-electron chi connectivity index (χ4n) is 2.34. The first-order chi connectivity index (χ1) is 14.2. The molecule has 11 heteroatoms. The van der Waals surface area contributed by atoms with E-state index in [9.17, 15) is 19.7 Å². The van der Waals surface area contributed by atoms with Crippen molar-refractivity contribution in [1.29, 1.82) is 0 Å². The maximum atomic E-state index is 11.9. The summed E-state index contributed by atoms with van der Waals surface area (Å²) in [4.78, 5) is 33.7. The zero-order valence-corrected chi connectivity index (χ0v) is 17.3. The first-order valence-corrected chi connectivity index (χ1v) is 9.26. The van der Waals surface area contributed by atoms with Crippen molar-refractivity contribution in [3.63, 3.8) is 0 Å². The molecule has 0 saturated carbocycles. The van der Waals surface area contributed by atoms with Gasteiger partial charge < -0.3 is 15.4 Å². The summed E-state index contributed by atoms with van der Waals surface area (Å²) < 4.78 is 4.68. The average Bonchev–Trinajstić information content (AvgIpc) is 2.72. The molecule has 2 rings (SSSR count). The molecule has 0 aromatic heterocycles. The largest absolute Gasteiger partial charge is 0.467 e. The third kappa shape index (κ3) is 5.98. The second-order valence-electron chi connectivity index (χ2n) is 6.12. The molecule has 0 spiro atoms. The van der Waals surface area contributed by atoms with E-state index in [4.69, 9.17) is 11.6 Å². The van der Waals surface area contributed by atoms with Gasteiger partial charge in [0.15, 0.2) is 0 Å². The predicted octanol–water partition coefficient (Wildman–Crippen LogP) is 4.99. The minimum atomic E-state index is -0.601. The lowest BCUT2D eigenvalue weighted by Gasteiger charge is -2.15. The van der Waals surface area contributed by atoms with Crippen LogP contribution in [0.3, 0.4) is 0 Å². The maximum Gasteiger partial charge on any atom is 0.327 e. The molecule has 30 heavy (non-hydrogen) atoms. The zero-order valence-electron chi connectivity index (χ0n) is 16.5. The molecule has 2 aromatic carbocycles. The number of anilines is 2. The number of nitrogens with one attached hydrogen (secondary N) is 2. The van der Waals surface area contributed by atoms with Crippen LogP contribution < -0.4 is 10.6 Å². The smallest absolute Gasteiger partial charge is 0.327 e. The van der Waals surface area contributed by atoms with Crippen LogP contribution in [0.1, 0.15) is 20.3 Å². The second-order valence-corrected chi connectivity index (χ2v) is 6.52. The van der Waals surface area contributed by atoms with Crippen LogP contribution in [0.15, 0.2) is 46.6 Å². The quantitative estimate of drug-likeness (QED) is 0.260. The Hall–Kier alpha value is -3.53. The lowest BCUT2D eigenvalue weighted by Crippen LogP contribution is -2.27. The van der Waals surface area contributed by atoms with E-state index in [0.717, 1.165) is 0 Å². The Balaban J connectivity index is 2.33. The highest BCUT2D eigenvalue weighted by atomic mass is 35.5. The molecule has 2 N–H and O–H groups in total. The van der Waals surface area contributed by atoms with Gasteiger partial charge in [0.25, 0.3) is 5.69 Å². The first-order valence-electron chi connectivity index (χ1n) is 8.89. The number of amides is 1. The minimum absolute atomic E-state index is 0.0669. The number of hydrogen-bond acceptors (Lipinski definition) is 8. The Bertz CT molecular complexity index is 995. The Morgan fingerprint density at radius 3 is 2.47 bits per heavy atom. The van der Waals surface area contributed by atoms with Crippen LogP contribution in [0.5, 0.6) is 0 Å². The van der Waals surface area contributed by atoms with Crippen molar-refractivity contribution in [3.05, 3.63) is 51.5 Å². The van der Waals surface area contributed by atoms with Gasteiger partial charge in [0.2, 0.25) is 5.91 Å². The molecule has 10 nitrogen and oxygen atoms in total. The summed E-state index contributed by atoms with van der Waals surface area (Å²) in [6, 6.07) is 8.09. The molecule has 1 atom stereocenters. The summed E-state index contributed by atoms with van der Waals surface area (Å²) in [5.41, 5.74) is 1.33. The van der Waals surface area contributed by atoms with E-state index < -0.39 is 16.9 Å². The van der Waals surface area contributed by atoms with Crippen molar-refractivity contribution in [2.24, 2.45) is 10.2 Å². The normalized spacial score (nSPS) is 11.7. The molecular weight excluding hydrogens is 414 g/mol. The van der Waals surface area contributed by atoms with E-state index in [0.29, 0.717) is 17.1 Å². The number of carbonyl (C=O) groups excluding carboxylic acids is 2. The third-order valence-corrected chi connectivity index (χ3v) is 4.24. The van der Waals surface area contributed by atoms with Gasteiger partial charge in [0, 0.05) is 24.2 Å². The fourth-order valence-corrected chi connectivity index (χ4v) is 2.55. The molecule has 0 saturated heterocycles. The van der Waals surface area contributed by atoms with Crippen molar-refractivity contribution in [3.8, 4) is 0 Å². The van der Waals surface area contributed by atoms with E-state index in [2.05, 4.69) is 25.6 Å². The van der Waals surface area contributed by atoms with E-state index in [-0.39, 0.29) is 28.7 Å². The summed E-state index contributed by atoms with van der Waals surface area (Å²) in [6.45, 7) is 3.34. The van der Waals surface area contributed by atoms with Crippen LogP contribution in [0.4, 0.5) is 28.4 Å². The van der Waals surface area contributed by atoms with Crippen LogP contribution in [-0.4, -0.2) is 30.0 Å². The lowest BCUT2D eigenvalue weighted by molar-refractivity contribution is -0.384. The van der Waals surface area contributed by atoms with Gasteiger partial charge in [0.1, 0.15) is 17.4 Å². The predicted molar refractivity (Wildman–Crippen MR) is 113 cm³/mol. The van der Waals surface area contributed by atoms with E-state index in [1.165, 1.54) is 25.3 Å². The molecule has 0 fully saturated rings. The summed E-state index contributed by atoms with van der Waals surface area (Å²) >= 11 is 6.03. The molecule has 0 bridgehead atoms. The third-order valence-electron chi connectivity index (χ3n) is 3.94. The number of halogens is 1. The number of nitro groups is 1. The summed E-state index contributed by atoms with van der Waals surface area (Å²) in [5, 5.41) is 24.7. The molecule has 0 unspecified atom stereocenters. The number of esters is 1. The minimum Gasteiger partial charge on any atom is -0.467 e. The van der Waals surface area contributed by atoms with Crippen LogP contribution in [0.2, 0.25) is 5.02 Å². The van der Waals surface area contributed by atoms with Crippen LogP contribution >= 0.6 is 11.6 Å². The molecule has 158 valence electrons. The molecule has 0 radical (unpaired) electrons. The number of ether oxygens (including phenoxy) is 1. The van der Waals surface area contributed by atoms with Gasteiger partial charge in [-0.25, -0.2) is 4.79 Å². The van der Waals surface area contributed by atoms with Crippen molar-refractivity contribution in [1.82, 2.24) is 0 Å². The summed E-state index contributed by atoms with van der Waals surface area (Å²) in [7, 11) is 1.29. The Kier molecular flexibility index (Phi) is 7.82. The van der Waals surface area contributed by atoms with E-state index in [1.807, 2.05) is 0 Å². The van der Waals surface area contributed by atoms with Gasteiger partial charge in [-0.3, -0.25) is 14.9 Å². The first kappa shape index (κ1) is 22.8. The van der Waals surface area contributed by atoms with Gasteiger partial charge >= 0.3 is 5.97 Å². The highest BCUT2D eigenvalue weighted by Crippen LogP contribution is 2.33. The van der Waals surface area contributed by atoms with E-state index >= 15 is 0 Å². The number of non-ortho nitro benzene ring substituents is 1. The van der Waals surface area contributed by atoms with Gasteiger partial charge in [-0.2, -0.15) is 0 Å². The molecule has 0 heterocycles. The summed E-state index contributed by atoms with van der Waals surface area (Å²) in [5.74, 6) is -0.677. The van der Waals surface area contributed by atoms with Crippen molar-refractivity contribution >= 4 is 51.9 Å². The Morgan fingerprint density at radius 1 is 1.20 bits per heavy atom. The maximum absolute atomic E-state index is 11.9. The Morgan fingerprint density at radius 2 is 1.87 bits per heavy atom. The SMILES string of the molecule is CCC(=O)Nc1cc(N[C@@H](C)C(=O)OC)ccc1N=Nc1ccc([N+](=O)[O-])cc1Cl. The molecule has 2 aromatic rings. The van der Waals surface area contributed by atoms with Gasteiger partial charge in [-0.15, -0.1) is 10.2 Å². The number of nitrogens with zero attached hydrogens (tertiary/aromatic N) is 3. The van der Waals surface area contributed by atoms with Crippen molar-refractivity contribution in [2.75, 3.05) is 17.7 Å². The number of rotatable bonds is 8. The fraction of sp³-hybridized carbons (Fsp3) is 0.263. The number of carbonyl (C=O) groups is 2. The number of nitro benzene ring substituents is 1. The number of benzene rings is 2. The van der Waals surface area contributed by atoms with Crippen LogP contribution in [0.25, 0.3) is 0 Å². The second kappa shape index (κ2) is 10.3. The topological polar surface area (TPSA) is 135 Å². The van der Waals surface area contributed by atoms with Crippen LogP contribution in [0, 0.1) is 10.1 Å². The van der Waals surface area contributed by atoms with E-state index in [1.54, 1.807) is 32.0 Å². The van der Waals surface area contributed by atoms with Gasteiger partial charge in [0.05, 0.1) is 22.7 Å². The lowest BCUT2D eigenvalue weighted by atomic mass is 10.2. The number of hydrogen-bond donors (Lipinski definition) is 2. The summed E-state index contributed by atoms with van der Waals surface area (Å²) in [6.07, 6.45) is 0.251. The molecule has 1 amide bonds. The Labute approximate surface area is 177 Å². The van der Waals surface area contributed by atoms with Gasteiger partial charge in [-0.05, 0) is 31.2 Å². The number of azo groups is 1. The monoisotopic (exact) mass is 433 g/mol. The molecule has 0 aliphatic heterocycles. The highest BCUT2D eigenvalue weighted by Gasteiger charge is 2.14. The standard InChI is InChI=1S/C19H20ClN5O5/c1-4-18(26)22-17-9-12(21-11(2)19(27)30-3)5-7-16(17)24-23-15-8-6-13(25(28)29)10-14(15)20/h5-11,21H,4H2,1-3H3,(H,22,26)/t11-/m0/s1. The zero-order chi connectivity index (χ0) is 22.3. The van der Waals surface area contributed by atoms with Crippen molar-refractivity contribution in [2.45, 2.75) is 26.3 Å². The average molecular weight is 434 g/mol. The van der Waals surface area contributed by atoms with Crippen LogP contribution in [-0.2, 0) is 14.3 Å². The molecular formula is C19H20ClN5O5. The molecule has 0 aliphatic rings. The highest BCUT2D eigenvalue weighted by molar-refractivity contribution is 6.33. The van der Waals surface area contributed by atoms with Crippen molar-refractivity contribution < 1.29 is 19.2 Å².